The van der Waals surface area contributed by atoms with Gasteiger partial charge in [0.2, 0.25) is 0 Å². The molecule has 0 radical (unpaired) electrons. The Morgan fingerprint density at radius 2 is 1.79 bits per heavy atom. The van der Waals surface area contributed by atoms with Gasteiger partial charge in [0, 0.05) is 25.7 Å². The fraction of sp³-hybridized carbons (Fsp3) is 0.760. The number of carboxylic acid groups (broad SMARTS) is 1. The van der Waals surface area contributed by atoms with E-state index in [0.717, 1.165) is 0 Å². The van der Waals surface area contributed by atoms with Gasteiger partial charge in [-0.1, -0.05) is 0 Å². The number of aromatic nitrogens is 2. The van der Waals surface area contributed by atoms with Gasteiger partial charge in [-0.2, -0.15) is 5.10 Å². The molecule has 2 aliphatic heterocycles. The molecular weight excluding hydrogens is 516 g/mol. The van der Waals surface area contributed by atoms with E-state index < -0.39 is 54.7 Å². The fourth-order valence-electron chi connectivity index (χ4n) is 5.60. The van der Waals surface area contributed by atoms with Crippen LogP contribution in [0.2, 0.25) is 0 Å². The Labute approximate surface area is 223 Å². The molecule has 0 spiro atoms. The van der Waals surface area contributed by atoms with Crippen molar-refractivity contribution < 1.29 is 37.4 Å². The molecule has 1 aliphatic carbocycles. The van der Waals surface area contributed by atoms with Crippen LogP contribution in [0.4, 0.5) is 4.79 Å². The maximum Gasteiger partial charge on any atom is 0.412 e. The Kier molecular flexibility index (Phi) is 6.46. The van der Waals surface area contributed by atoms with Crippen molar-refractivity contribution in [3.8, 4) is 0 Å². The first-order chi connectivity index (χ1) is 17.3. The number of amides is 2. The molecule has 2 amide bonds. The van der Waals surface area contributed by atoms with Crippen molar-refractivity contribution in [2.24, 2.45) is 7.05 Å². The summed E-state index contributed by atoms with van der Waals surface area (Å²) in [6.07, 6.45) is 0.379. The van der Waals surface area contributed by atoms with E-state index in [0.29, 0.717) is 18.4 Å². The number of carbonyl (C=O) groups is 3. The fourth-order valence-corrected chi connectivity index (χ4v) is 8.21. The zero-order valence-corrected chi connectivity index (χ0v) is 24.1. The van der Waals surface area contributed by atoms with Gasteiger partial charge in [0.25, 0.3) is 5.91 Å². The number of carbonyl (C=O) groups excluding carboxylic acids is 2. The lowest BCUT2D eigenvalue weighted by atomic mass is 10.0. The number of carboxylic acids is 1. The molecule has 1 N–H and O–H groups in total. The van der Waals surface area contributed by atoms with Crippen molar-refractivity contribution in [2.45, 2.75) is 94.6 Å². The second kappa shape index (κ2) is 8.67. The van der Waals surface area contributed by atoms with Crippen molar-refractivity contribution in [3.05, 3.63) is 17.0 Å². The van der Waals surface area contributed by atoms with E-state index in [1.807, 2.05) is 0 Å². The van der Waals surface area contributed by atoms with Crippen LogP contribution < -0.4 is 0 Å². The molecule has 13 heteroatoms. The molecule has 2 fully saturated rings. The topological polar surface area (TPSA) is 148 Å². The van der Waals surface area contributed by atoms with Crippen LogP contribution in [0.3, 0.4) is 0 Å². The quantitative estimate of drug-likeness (QED) is 0.559. The molecule has 3 heterocycles. The monoisotopic (exact) mass is 554 g/mol. The van der Waals surface area contributed by atoms with Crippen LogP contribution in [-0.4, -0.2) is 97.6 Å². The summed E-state index contributed by atoms with van der Waals surface area (Å²) in [4.78, 5) is 41.0. The number of fused-ring (bicyclic) bond motifs is 1. The van der Waals surface area contributed by atoms with E-state index in [4.69, 9.17) is 9.47 Å². The third kappa shape index (κ3) is 4.37. The summed E-state index contributed by atoms with van der Waals surface area (Å²) in [5.41, 5.74) is -1.47. The summed E-state index contributed by atoms with van der Waals surface area (Å²) in [7, 11) is -2.42. The van der Waals surface area contributed by atoms with Gasteiger partial charge in [-0.3, -0.25) is 14.4 Å². The molecule has 0 aromatic carbocycles. The van der Waals surface area contributed by atoms with E-state index in [-0.39, 0.29) is 37.5 Å². The highest BCUT2D eigenvalue weighted by Gasteiger charge is 2.65. The van der Waals surface area contributed by atoms with Gasteiger partial charge in [-0.05, 0) is 67.7 Å². The lowest BCUT2D eigenvalue weighted by Crippen LogP contribution is -2.61. The van der Waals surface area contributed by atoms with Crippen LogP contribution in [0.1, 0.15) is 87.8 Å². The predicted molar refractivity (Wildman–Crippen MR) is 137 cm³/mol. The molecule has 1 aromatic rings. The second-order valence-corrected chi connectivity index (χ2v) is 15.4. The summed E-state index contributed by atoms with van der Waals surface area (Å²) >= 11 is 0. The van der Waals surface area contributed by atoms with Gasteiger partial charge in [0.1, 0.15) is 17.0 Å². The van der Waals surface area contributed by atoms with Gasteiger partial charge in [-0.15, -0.1) is 0 Å². The minimum Gasteiger partial charge on any atom is -0.476 e. The third-order valence-corrected chi connectivity index (χ3v) is 11.2. The Morgan fingerprint density at radius 1 is 1.18 bits per heavy atom. The van der Waals surface area contributed by atoms with Crippen LogP contribution >= 0.6 is 0 Å². The van der Waals surface area contributed by atoms with E-state index in [1.165, 1.54) is 21.5 Å². The maximum atomic E-state index is 14.3. The van der Waals surface area contributed by atoms with Gasteiger partial charge in [0.05, 0.1) is 22.1 Å². The third-order valence-electron chi connectivity index (χ3n) is 7.90. The Morgan fingerprint density at radius 3 is 2.32 bits per heavy atom. The van der Waals surface area contributed by atoms with Crippen molar-refractivity contribution in [3.63, 3.8) is 0 Å². The maximum absolute atomic E-state index is 14.3. The van der Waals surface area contributed by atoms with Crippen LogP contribution in [0.15, 0.2) is 0 Å². The normalized spacial score (nSPS) is 22.8. The lowest BCUT2D eigenvalue weighted by molar-refractivity contribution is -0.0634. The van der Waals surface area contributed by atoms with Crippen molar-refractivity contribution >= 4 is 27.8 Å². The molecule has 0 bridgehead atoms. The largest absolute Gasteiger partial charge is 0.476 e. The summed E-state index contributed by atoms with van der Waals surface area (Å²) in [5.74, 6) is -1.64. The molecule has 4 rings (SSSR count). The van der Waals surface area contributed by atoms with Crippen LogP contribution in [-0.2, 0) is 32.8 Å². The molecule has 212 valence electrons. The molecular formula is C25H38N4O8S. The highest BCUT2D eigenvalue weighted by Crippen LogP contribution is 2.52. The van der Waals surface area contributed by atoms with E-state index >= 15 is 0 Å². The minimum absolute atomic E-state index is 0.0198. The smallest absolute Gasteiger partial charge is 0.412 e. The Bertz CT molecular complexity index is 1290. The first kappa shape index (κ1) is 28.3. The number of nitrogens with zero attached hydrogens (tertiary/aromatic N) is 4. The van der Waals surface area contributed by atoms with E-state index in [2.05, 4.69) is 5.10 Å². The van der Waals surface area contributed by atoms with E-state index in [1.54, 1.807) is 48.5 Å². The molecule has 38 heavy (non-hydrogen) atoms. The second-order valence-electron chi connectivity index (χ2n) is 12.5. The van der Waals surface area contributed by atoms with Gasteiger partial charge in [0.15, 0.2) is 15.5 Å². The predicted octanol–water partition coefficient (Wildman–Crippen LogP) is 2.21. The number of rotatable bonds is 6. The number of ether oxygens (including phenoxy) is 2. The molecule has 3 aliphatic rings. The molecule has 1 saturated heterocycles. The average molecular weight is 555 g/mol. The summed E-state index contributed by atoms with van der Waals surface area (Å²) in [6.45, 7) is 12.0. The summed E-state index contributed by atoms with van der Waals surface area (Å²) < 4.78 is 38.8. The number of hydrogen-bond donors (Lipinski definition) is 1. The first-order valence-electron chi connectivity index (χ1n) is 12.7. The lowest BCUT2D eigenvalue weighted by Gasteiger charge is -2.42. The summed E-state index contributed by atoms with van der Waals surface area (Å²) in [6, 6.07) is -0.811. The van der Waals surface area contributed by atoms with Crippen LogP contribution in [0.25, 0.3) is 0 Å². The van der Waals surface area contributed by atoms with Crippen molar-refractivity contribution in [1.29, 1.82) is 0 Å². The molecule has 1 saturated carbocycles. The van der Waals surface area contributed by atoms with Crippen LogP contribution in [0, 0.1) is 0 Å². The molecule has 1 atom stereocenters. The summed E-state index contributed by atoms with van der Waals surface area (Å²) in [5, 5.41) is 13.4. The number of aryl methyl sites for hydroxylation is 1. The van der Waals surface area contributed by atoms with Gasteiger partial charge in [-0.25, -0.2) is 18.0 Å². The van der Waals surface area contributed by atoms with Gasteiger partial charge < -0.3 is 19.5 Å². The highest BCUT2D eigenvalue weighted by atomic mass is 32.2. The number of aromatic carboxylic acids is 1. The number of hydrogen-bond acceptors (Lipinski definition) is 8. The van der Waals surface area contributed by atoms with Gasteiger partial charge >= 0.3 is 12.1 Å². The zero-order chi connectivity index (χ0) is 28.6. The van der Waals surface area contributed by atoms with Crippen molar-refractivity contribution in [2.75, 3.05) is 19.7 Å². The van der Waals surface area contributed by atoms with Crippen LogP contribution in [0.5, 0.6) is 0 Å². The Hall–Kier alpha value is -2.67. The first-order valence-corrected chi connectivity index (χ1v) is 14.2. The highest BCUT2D eigenvalue weighted by molar-refractivity contribution is 7.94. The Balaban J connectivity index is 1.62. The van der Waals surface area contributed by atoms with E-state index in [9.17, 15) is 27.9 Å². The standard InChI is InChI=1S/C25H38N4O8S/c1-22(2,3)37-21(33)29-16(13-36-24(29,6)7)23(4,5)38(34,35)25(10-11-25)14-28-12-9-15-17(20(31)32)26-27(8)18(15)19(28)30/h16H,9-14H2,1-8H3,(H,31,32). The SMILES string of the molecule is Cn1nc(C(=O)O)c2c1C(=O)N(CC1(S(=O)(=O)C(C)(C)C3COC(C)(C)N3C(=O)OC(C)(C)C)CC1)CC2. The van der Waals surface area contributed by atoms with Crippen molar-refractivity contribution in [1.82, 2.24) is 19.6 Å². The minimum atomic E-state index is -3.93. The number of sulfone groups is 1. The zero-order valence-electron chi connectivity index (χ0n) is 23.3. The molecule has 1 unspecified atom stereocenters. The average Bonchev–Trinajstić information content (AvgIpc) is 3.36. The molecule has 12 nitrogen and oxygen atoms in total. The molecule has 1 aromatic heterocycles.